The van der Waals surface area contributed by atoms with Crippen LogP contribution in [0.2, 0.25) is 0 Å². The van der Waals surface area contributed by atoms with Gasteiger partial charge in [-0.05, 0) is 31.0 Å². The summed E-state index contributed by atoms with van der Waals surface area (Å²) in [6.45, 7) is 0.772. The zero-order valence-electron chi connectivity index (χ0n) is 16.2. The van der Waals surface area contributed by atoms with Gasteiger partial charge in [0.25, 0.3) is 0 Å². The summed E-state index contributed by atoms with van der Waals surface area (Å²) in [4.78, 5) is 12.1. The molecule has 0 aromatic heterocycles. The van der Waals surface area contributed by atoms with Gasteiger partial charge >= 0.3 is 6.61 Å². The zero-order chi connectivity index (χ0) is 21.4. The Morgan fingerprint density at radius 2 is 1.66 bits per heavy atom. The molecule has 0 aliphatic carbocycles. The second kappa shape index (κ2) is 10.3. The normalized spacial score (nSPS) is 11.7. The first kappa shape index (κ1) is 22.8. The van der Waals surface area contributed by atoms with Gasteiger partial charge in [0.1, 0.15) is 5.75 Å². The number of para-hydroxylation sites is 1. The molecular formula is C20H24F2N2O4S. The molecule has 2 N–H and O–H groups in total. The lowest BCUT2D eigenvalue weighted by atomic mass is 10.1. The summed E-state index contributed by atoms with van der Waals surface area (Å²) < 4.78 is 55.7. The number of sulfonamides is 1. The maximum atomic E-state index is 12.4. The summed E-state index contributed by atoms with van der Waals surface area (Å²) in [6, 6.07) is 12.8. The van der Waals surface area contributed by atoms with Crippen LogP contribution in [-0.2, 0) is 33.5 Å². The van der Waals surface area contributed by atoms with Crippen molar-refractivity contribution in [3.05, 3.63) is 65.2 Å². The molecule has 0 bridgehead atoms. The molecule has 0 radical (unpaired) electrons. The van der Waals surface area contributed by atoms with Crippen molar-refractivity contribution in [3.63, 3.8) is 0 Å². The number of carbonyl (C=O) groups excluding carboxylic acids is 1. The minimum absolute atomic E-state index is 0.0294. The Hall–Kier alpha value is -2.52. The quantitative estimate of drug-likeness (QED) is 0.612. The highest BCUT2D eigenvalue weighted by Gasteiger charge is 2.14. The fraction of sp³-hybridized carbons (Fsp3) is 0.350. The third-order valence-electron chi connectivity index (χ3n) is 3.82. The number of alkyl halides is 2. The first-order chi connectivity index (χ1) is 13.6. The molecule has 1 amide bonds. The lowest BCUT2D eigenvalue weighted by molar-refractivity contribution is -0.120. The van der Waals surface area contributed by atoms with Crippen molar-refractivity contribution in [1.82, 2.24) is 10.0 Å². The minimum atomic E-state index is -3.40. The third kappa shape index (κ3) is 8.16. The van der Waals surface area contributed by atoms with Gasteiger partial charge in [0.05, 0.1) is 12.2 Å². The fourth-order valence-corrected chi connectivity index (χ4v) is 4.10. The van der Waals surface area contributed by atoms with Crippen LogP contribution in [0.5, 0.6) is 5.75 Å². The van der Waals surface area contributed by atoms with E-state index in [1.54, 1.807) is 56.3 Å². The number of hydrogen-bond acceptors (Lipinski definition) is 4. The van der Waals surface area contributed by atoms with Crippen LogP contribution in [0.3, 0.4) is 0 Å². The average molecular weight is 426 g/mol. The van der Waals surface area contributed by atoms with E-state index in [1.165, 1.54) is 6.07 Å². The SMILES string of the molecule is CC(C)NS(=O)(=O)Cc1ccc(CNC(=O)Cc2ccccc2OC(F)F)cc1. The van der Waals surface area contributed by atoms with Crippen LogP contribution in [0, 0.1) is 0 Å². The topological polar surface area (TPSA) is 84.5 Å². The first-order valence-electron chi connectivity index (χ1n) is 9.02. The Balaban J connectivity index is 1.90. The van der Waals surface area contributed by atoms with Gasteiger partial charge in [-0.15, -0.1) is 0 Å². The van der Waals surface area contributed by atoms with Gasteiger partial charge < -0.3 is 10.1 Å². The van der Waals surface area contributed by atoms with Gasteiger partial charge in [-0.1, -0.05) is 42.5 Å². The predicted octanol–water partition coefficient (Wildman–Crippen LogP) is 2.97. The van der Waals surface area contributed by atoms with Crippen molar-refractivity contribution < 1.29 is 26.7 Å². The Labute approximate surface area is 169 Å². The van der Waals surface area contributed by atoms with Gasteiger partial charge in [0, 0.05) is 18.2 Å². The molecule has 0 spiro atoms. The van der Waals surface area contributed by atoms with E-state index in [4.69, 9.17) is 0 Å². The number of carbonyl (C=O) groups is 1. The van der Waals surface area contributed by atoms with Crippen molar-refractivity contribution in [1.29, 1.82) is 0 Å². The second-order valence-electron chi connectivity index (χ2n) is 6.79. The maximum absolute atomic E-state index is 12.4. The number of amides is 1. The van der Waals surface area contributed by atoms with Gasteiger partial charge in [0.15, 0.2) is 0 Å². The smallest absolute Gasteiger partial charge is 0.387 e. The van der Waals surface area contributed by atoms with Crippen molar-refractivity contribution >= 4 is 15.9 Å². The summed E-state index contributed by atoms with van der Waals surface area (Å²) in [7, 11) is -3.40. The van der Waals surface area contributed by atoms with Crippen molar-refractivity contribution in [2.24, 2.45) is 0 Å². The van der Waals surface area contributed by atoms with Crippen LogP contribution in [0.25, 0.3) is 0 Å². The standard InChI is InChI=1S/C20H24F2N2O4S/c1-14(2)24-29(26,27)13-16-9-7-15(8-10-16)12-23-19(25)11-17-5-3-4-6-18(17)28-20(21)22/h3-10,14,20,24H,11-13H2,1-2H3,(H,23,25). The maximum Gasteiger partial charge on any atom is 0.387 e. The minimum Gasteiger partial charge on any atom is -0.435 e. The molecule has 0 saturated carbocycles. The average Bonchev–Trinajstić information content (AvgIpc) is 2.61. The number of halogens is 2. The Bertz CT molecular complexity index is 916. The zero-order valence-corrected chi connectivity index (χ0v) is 17.0. The van der Waals surface area contributed by atoms with Crippen LogP contribution < -0.4 is 14.8 Å². The van der Waals surface area contributed by atoms with E-state index in [-0.39, 0.29) is 36.4 Å². The van der Waals surface area contributed by atoms with E-state index in [2.05, 4.69) is 14.8 Å². The highest BCUT2D eigenvalue weighted by Crippen LogP contribution is 2.20. The Morgan fingerprint density at radius 1 is 1.03 bits per heavy atom. The summed E-state index contributed by atoms with van der Waals surface area (Å²) in [6.07, 6.45) is -0.0971. The van der Waals surface area contributed by atoms with Crippen molar-refractivity contribution in [2.75, 3.05) is 0 Å². The number of ether oxygens (including phenoxy) is 1. The van der Waals surface area contributed by atoms with Gasteiger partial charge in [-0.25, -0.2) is 13.1 Å². The van der Waals surface area contributed by atoms with E-state index in [1.807, 2.05) is 0 Å². The summed E-state index contributed by atoms with van der Waals surface area (Å²) in [5, 5.41) is 2.71. The Morgan fingerprint density at radius 3 is 2.28 bits per heavy atom. The van der Waals surface area contributed by atoms with Gasteiger partial charge in [-0.3, -0.25) is 4.79 Å². The molecule has 0 atom stereocenters. The first-order valence-corrected chi connectivity index (χ1v) is 10.7. The molecule has 29 heavy (non-hydrogen) atoms. The molecule has 6 nitrogen and oxygen atoms in total. The van der Waals surface area contributed by atoms with Crippen LogP contribution in [0.1, 0.15) is 30.5 Å². The van der Waals surface area contributed by atoms with E-state index in [9.17, 15) is 22.0 Å². The van der Waals surface area contributed by atoms with E-state index in [0.717, 1.165) is 5.56 Å². The van der Waals surface area contributed by atoms with Crippen LogP contribution in [0.4, 0.5) is 8.78 Å². The van der Waals surface area contributed by atoms with Crippen molar-refractivity contribution in [2.45, 2.75) is 45.2 Å². The summed E-state index contributed by atoms with van der Waals surface area (Å²) in [5.41, 5.74) is 1.78. The van der Waals surface area contributed by atoms with Gasteiger partial charge in [0.2, 0.25) is 15.9 Å². The number of rotatable bonds is 10. The summed E-state index contributed by atoms with van der Waals surface area (Å²) in [5.74, 6) is -0.500. The number of nitrogens with one attached hydrogen (secondary N) is 2. The summed E-state index contributed by atoms with van der Waals surface area (Å²) >= 11 is 0. The number of hydrogen-bond donors (Lipinski definition) is 2. The second-order valence-corrected chi connectivity index (χ2v) is 8.54. The molecule has 0 aliphatic heterocycles. The highest BCUT2D eigenvalue weighted by molar-refractivity contribution is 7.88. The highest BCUT2D eigenvalue weighted by atomic mass is 32.2. The molecule has 158 valence electrons. The predicted molar refractivity (Wildman–Crippen MR) is 106 cm³/mol. The van der Waals surface area contributed by atoms with Crippen LogP contribution in [0.15, 0.2) is 48.5 Å². The largest absolute Gasteiger partial charge is 0.435 e. The molecule has 0 unspecified atom stereocenters. The van der Waals surface area contributed by atoms with Crippen molar-refractivity contribution in [3.8, 4) is 5.75 Å². The molecule has 0 saturated heterocycles. The molecule has 0 aliphatic rings. The molecule has 2 aromatic rings. The number of benzene rings is 2. The van der Waals surface area contributed by atoms with Gasteiger partial charge in [-0.2, -0.15) is 8.78 Å². The van der Waals surface area contributed by atoms with E-state index >= 15 is 0 Å². The van der Waals surface area contributed by atoms with Crippen LogP contribution in [-0.4, -0.2) is 27.0 Å². The molecule has 2 rings (SSSR count). The van der Waals surface area contributed by atoms with E-state index in [0.29, 0.717) is 11.1 Å². The lowest BCUT2D eigenvalue weighted by Gasteiger charge is -2.11. The molecule has 2 aromatic carbocycles. The Kier molecular flexibility index (Phi) is 8.10. The fourth-order valence-electron chi connectivity index (χ4n) is 2.67. The molecular weight excluding hydrogens is 402 g/mol. The monoisotopic (exact) mass is 426 g/mol. The third-order valence-corrected chi connectivity index (χ3v) is 5.37. The lowest BCUT2D eigenvalue weighted by Crippen LogP contribution is -2.31. The molecule has 0 heterocycles. The molecule has 9 heteroatoms. The van der Waals surface area contributed by atoms with E-state index < -0.39 is 16.6 Å². The van der Waals surface area contributed by atoms with Crippen LogP contribution >= 0.6 is 0 Å². The molecule has 0 fully saturated rings.